The van der Waals surface area contributed by atoms with Crippen LogP contribution in [0.4, 0.5) is 11.4 Å². The standard InChI is InChI=1S/C23H20N2O5/c26-20(16-3-1-2-4-17(16)23(29)30)24-14-7-9-15(10-8-14)25-21(27)18-12-5-6-13(11-12)19(18)22(25)28/h1-4,7-10,12-13,18-19H,5-6,11H2,(H,24,26)(H,29,30)/t12-,13+,18+,19-. The molecule has 2 aromatic carbocycles. The van der Waals surface area contributed by atoms with E-state index in [1.54, 1.807) is 36.4 Å². The van der Waals surface area contributed by atoms with Gasteiger partial charge < -0.3 is 10.4 Å². The van der Waals surface area contributed by atoms with Crippen molar-refractivity contribution >= 4 is 35.1 Å². The fraction of sp³-hybridized carbons (Fsp3) is 0.304. The van der Waals surface area contributed by atoms with Gasteiger partial charge in [0.15, 0.2) is 0 Å². The van der Waals surface area contributed by atoms with Gasteiger partial charge in [-0.15, -0.1) is 0 Å². The number of nitrogens with zero attached hydrogens (tertiary/aromatic N) is 1. The molecule has 7 heteroatoms. The first-order valence-electron chi connectivity index (χ1n) is 10.1. The number of nitrogens with one attached hydrogen (secondary N) is 1. The number of carbonyl (C=O) groups excluding carboxylic acids is 3. The molecule has 0 aromatic heterocycles. The molecule has 0 unspecified atom stereocenters. The number of aromatic carboxylic acids is 1. The maximum absolute atomic E-state index is 12.9. The Labute approximate surface area is 172 Å². The molecule has 0 spiro atoms. The highest BCUT2D eigenvalue weighted by Gasteiger charge is 2.61. The van der Waals surface area contributed by atoms with Crippen molar-refractivity contribution in [3.63, 3.8) is 0 Å². The van der Waals surface area contributed by atoms with Crippen LogP contribution in [0.1, 0.15) is 40.0 Å². The zero-order valence-electron chi connectivity index (χ0n) is 16.1. The second-order valence-electron chi connectivity index (χ2n) is 8.25. The van der Waals surface area contributed by atoms with Crippen molar-refractivity contribution in [2.45, 2.75) is 19.3 Å². The predicted octanol–water partition coefficient (Wildman–Crippen LogP) is 3.17. The van der Waals surface area contributed by atoms with Crippen molar-refractivity contribution in [2.24, 2.45) is 23.7 Å². The van der Waals surface area contributed by atoms with Crippen LogP contribution in [0.2, 0.25) is 0 Å². The van der Waals surface area contributed by atoms with E-state index in [2.05, 4.69) is 5.32 Å². The van der Waals surface area contributed by atoms with Crippen LogP contribution in [0.5, 0.6) is 0 Å². The highest BCUT2D eigenvalue weighted by atomic mass is 16.4. The molecule has 1 aliphatic heterocycles. The molecule has 0 radical (unpaired) electrons. The summed E-state index contributed by atoms with van der Waals surface area (Å²) in [4.78, 5) is 50.9. The Hall–Kier alpha value is -3.48. The Morgan fingerprint density at radius 3 is 2.00 bits per heavy atom. The molecular weight excluding hydrogens is 384 g/mol. The summed E-state index contributed by atoms with van der Waals surface area (Å²) in [5, 5.41) is 11.9. The van der Waals surface area contributed by atoms with Crippen LogP contribution in [-0.4, -0.2) is 28.8 Å². The second kappa shape index (κ2) is 6.79. The summed E-state index contributed by atoms with van der Waals surface area (Å²) < 4.78 is 0. The lowest BCUT2D eigenvalue weighted by atomic mass is 9.81. The number of fused-ring (bicyclic) bond motifs is 5. The first-order valence-corrected chi connectivity index (χ1v) is 10.1. The van der Waals surface area contributed by atoms with E-state index in [-0.39, 0.29) is 34.8 Å². The van der Waals surface area contributed by atoms with Crippen LogP contribution >= 0.6 is 0 Å². The van der Waals surface area contributed by atoms with Crippen LogP contribution in [0.3, 0.4) is 0 Å². The van der Waals surface area contributed by atoms with E-state index in [0.29, 0.717) is 23.2 Å². The van der Waals surface area contributed by atoms with Gasteiger partial charge in [-0.05, 0) is 67.5 Å². The molecule has 2 N–H and O–H groups in total. The molecule has 152 valence electrons. The summed E-state index contributed by atoms with van der Waals surface area (Å²) in [7, 11) is 0. The minimum absolute atomic E-state index is 0.0577. The maximum Gasteiger partial charge on any atom is 0.336 e. The summed E-state index contributed by atoms with van der Waals surface area (Å²) in [6.07, 6.45) is 3.05. The van der Waals surface area contributed by atoms with Crippen molar-refractivity contribution in [1.82, 2.24) is 0 Å². The molecular formula is C23H20N2O5. The highest BCUT2D eigenvalue weighted by molar-refractivity contribution is 6.22. The number of carboxylic acids is 1. The molecule has 7 nitrogen and oxygen atoms in total. The van der Waals surface area contributed by atoms with Crippen LogP contribution in [0, 0.1) is 23.7 Å². The van der Waals surface area contributed by atoms with Gasteiger partial charge in [0.05, 0.1) is 28.7 Å². The molecule has 1 saturated heterocycles. The fourth-order valence-electron chi connectivity index (χ4n) is 5.42. The molecule has 3 fully saturated rings. The number of anilines is 2. The number of benzene rings is 2. The number of imide groups is 1. The van der Waals surface area contributed by atoms with Crippen molar-refractivity contribution in [1.29, 1.82) is 0 Å². The van der Waals surface area contributed by atoms with Crippen LogP contribution in [0.15, 0.2) is 48.5 Å². The average molecular weight is 404 g/mol. The number of rotatable bonds is 4. The Bertz CT molecular complexity index is 1050. The van der Waals surface area contributed by atoms with Gasteiger partial charge in [-0.25, -0.2) is 4.79 Å². The molecule has 3 aliphatic rings. The highest BCUT2D eigenvalue weighted by Crippen LogP contribution is 2.56. The molecule has 2 saturated carbocycles. The van der Waals surface area contributed by atoms with Crippen molar-refractivity contribution in [3.8, 4) is 0 Å². The summed E-state index contributed by atoms with van der Waals surface area (Å²) >= 11 is 0. The Morgan fingerprint density at radius 2 is 1.43 bits per heavy atom. The lowest BCUT2D eigenvalue weighted by Gasteiger charge is -2.19. The van der Waals surface area contributed by atoms with Crippen LogP contribution in [0.25, 0.3) is 0 Å². The number of carbonyl (C=O) groups is 4. The van der Waals surface area contributed by atoms with Gasteiger partial charge in [0, 0.05) is 5.69 Å². The van der Waals surface area contributed by atoms with Crippen molar-refractivity contribution < 1.29 is 24.3 Å². The van der Waals surface area contributed by atoms with E-state index in [1.807, 2.05) is 0 Å². The van der Waals surface area contributed by atoms with E-state index in [9.17, 15) is 24.3 Å². The number of carboxylic acid groups (broad SMARTS) is 1. The maximum atomic E-state index is 12.9. The first kappa shape index (κ1) is 18.5. The lowest BCUT2D eigenvalue weighted by Crippen LogP contribution is -2.32. The van der Waals surface area contributed by atoms with E-state index >= 15 is 0 Å². The van der Waals surface area contributed by atoms with E-state index in [1.165, 1.54) is 17.0 Å². The van der Waals surface area contributed by atoms with Gasteiger partial charge in [-0.2, -0.15) is 0 Å². The van der Waals surface area contributed by atoms with E-state index < -0.39 is 11.9 Å². The van der Waals surface area contributed by atoms with Gasteiger partial charge >= 0.3 is 5.97 Å². The third-order valence-corrected chi connectivity index (χ3v) is 6.71. The number of hydrogen-bond acceptors (Lipinski definition) is 4. The first-order chi connectivity index (χ1) is 14.5. The van der Waals surface area contributed by atoms with Gasteiger partial charge in [-0.1, -0.05) is 12.1 Å². The average Bonchev–Trinajstić information content (AvgIpc) is 3.42. The van der Waals surface area contributed by atoms with Crippen molar-refractivity contribution in [3.05, 3.63) is 59.7 Å². The molecule has 30 heavy (non-hydrogen) atoms. The molecule has 3 amide bonds. The smallest absolute Gasteiger partial charge is 0.336 e. The Morgan fingerprint density at radius 1 is 0.867 bits per heavy atom. The Kier molecular flexibility index (Phi) is 4.20. The fourth-order valence-corrected chi connectivity index (χ4v) is 5.42. The van der Waals surface area contributed by atoms with Crippen LogP contribution in [-0.2, 0) is 9.59 Å². The zero-order chi connectivity index (χ0) is 21.0. The summed E-state index contributed by atoms with van der Waals surface area (Å²) in [5.41, 5.74) is 0.925. The SMILES string of the molecule is O=C(O)c1ccccc1C(=O)Nc1ccc(N2C(=O)[C@@H]3[C@H]4CC[C@H](C4)[C@@H]3C2=O)cc1. The largest absolute Gasteiger partial charge is 0.478 e. The normalized spacial score (nSPS) is 26.7. The van der Waals surface area contributed by atoms with Gasteiger partial charge in [0.25, 0.3) is 5.91 Å². The quantitative estimate of drug-likeness (QED) is 0.762. The number of hydrogen-bond donors (Lipinski definition) is 2. The lowest BCUT2D eigenvalue weighted by molar-refractivity contribution is -0.123. The van der Waals surface area contributed by atoms with Gasteiger partial charge in [0.2, 0.25) is 11.8 Å². The zero-order valence-corrected chi connectivity index (χ0v) is 16.1. The minimum Gasteiger partial charge on any atom is -0.478 e. The second-order valence-corrected chi connectivity index (χ2v) is 8.25. The monoisotopic (exact) mass is 404 g/mol. The molecule has 4 atom stereocenters. The molecule has 2 bridgehead atoms. The van der Waals surface area contributed by atoms with E-state index in [4.69, 9.17) is 0 Å². The third-order valence-electron chi connectivity index (χ3n) is 6.71. The van der Waals surface area contributed by atoms with Crippen LogP contribution < -0.4 is 10.2 Å². The molecule has 1 heterocycles. The number of amides is 3. The van der Waals surface area contributed by atoms with Crippen molar-refractivity contribution in [2.75, 3.05) is 10.2 Å². The molecule has 2 aliphatic carbocycles. The Balaban J connectivity index is 1.34. The topological polar surface area (TPSA) is 104 Å². The minimum atomic E-state index is -1.18. The molecule has 5 rings (SSSR count). The third kappa shape index (κ3) is 2.73. The molecule has 2 aromatic rings. The van der Waals surface area contributed by atoms with Gasteiger partial charge in [0.1, 0.15) is 0 Å². The van der Waals surface area contributed by atoms with Gasteiger partial charge in [-0.3, -0.25) is 19.3 Å². The van der Waals surface area contributed by atoms with E-state index in [0.717, 1.165) is 19.3 Å². The summed E-state index contributed by atoms with van der Waals surface area (Å²) in [6, 6.07) is 12.5. The summed E-state index contributed by atoms with van der Waals surface area (Å²) in [5.74, 6) is -1.63. The summed E-state index contributed by atoms with van der Waals surface area (Å²) in [6.45, 7) is 0. The predicted molar refractivity (Wildman–Crippen MR) is 108 cm³/mol.